The lowest BCUT2D eigenvalue weighted by molar-refractivity contribution is 0.0952. The van der Waals surface area contributed by atoms with Gasteiger partial charge in [0.2, 0.25) is 6.39 Å². The molecule has 0 fully saturated rings. The summed E-state index contributed by atoms with van der Waals surface area (Å²) < 4.78 is 17.3. The molecule has 0 aliphatic rings. The number of aromatic nitrogens is 2. The molecule has 0 unspecified atom stereocenters. The smallest absolute Gasteiger partial charge is 0.213 e. The first-order valence-electron chi connectivity index (χ1n) is 13.9. The molecule has 2 heterocycles. The number of rotatable bonds is 10. The van der Waals surface area contributed by atoms with Gasteiger partial charge in [0, 0.05) is 46.4 Å². The molecule has 7 nitrogen and oxygen atoms in total. The van der Waals surface area contributed by atoms with Gasteiger partial charge in [0.25, 0.3) is 0 Å². The Morgan fingerprint density at radius 1 is 0.927 bits per heavy atom. The van der Waals surface area contributed by atoms with Crippen LogP contribution < -0.4 is 4.74 Å². The molecule has 0 bridgehead atoms. The third-order valence-electron chi connectivity index (χ3n) is 7.42. The maximum atomic E-state index is 13.6. The highest BCUT2D eigenvalue weighted by molar-refractivity contribution is 6.13. The van der Waals surface area contributed by atoms with Crippen molar-refractivity contribution in [2.45, 2.75) is 59.8 Å². The van der Waals surface area contributed by atoms with Crippen LogP contribution in [0.2, 0.25) is 0 Å². The van der Waals surface area contributed by atoms with Crippen molar-refractivity contribution >= 4 is 22.5 Å². The van der Waals surface area contributed by atoms with Crippen molar-refractivity contribution < 1.29 is 23.3 Å². The lowest BCUT2D eigenvalue weighted by atomic mass is 9.83. The third kappa shape index (κ3) is 5.44. The van der Waals surface area contributed by atoms with Crippen LogP contribution in [0.5, 0.6) is 5.75 Å². The van der Waals surface area contributed by atoms with Gasteiger partial charge in [-0.2, -0.15) is 4.98 Å². The molecule has 0 spiro atoms. The minimum Gasteiger partial charge on any atom is -0.493 e. The number of fused-ring (bicyclic) bond motifs is 1. The molecule has 210 valence electrons. The van der Waals surface area contributed by atoms with E-state index in [1.54, 1.807) is 0 Å². The summed E-state index contributed by atoms with van der Waals surface area (Å²) >= 11 is 0. The predicted molar refractivity (Wildman–Crippen MR) is 159 cm³/mol. The summed E-state index contributed by atoms with van der Waals surface area (Å²) in [7, 11) is 0. The van der Waals surface area contributed by atoms with E-state index in [4.69, 9.17) is 13.7 Å². The Bertz CT molecular complexity index is 1730. The first-order valence-corrected chi connectivity index (χ1v) is 13.9. The van der Waals surface area contributed by atoms with Crippen molar-refractivity contribution in [2.24, 2.45) is 0 Å². The number of hydrogen-bond acceptors (Lipinski definition) is 7. The predicted octanol–water partition coefficient (Wildman–Crippen LogP) is 8.31. The fourth-order valence-corrected chi connectivity index (χ4v) is 5.12. The van der Waals surface area contributed by atoms with Gasteiger partial charge < -0.3 is 13.7 Å². The Balaban J connectivity index is 1.64. The van der Waals surface area contributed by atoms with E-state index in [1.807, 2.05) is 96.1 Å². The lowest BCUT2D eigenvalue weighted by Gasteiger charge is -2.20. The van der Waals surface area contributed by atoms with E-state index in [9.17, 15) is 9.59 Å². The zero-order valence-corrected chi connectivity index (χ0v) is 24.3. The Hall–Kier alpha value is -4.52. The summed E-state index contributed by atoms with van der Waals surface area (Å²) in [4.78, 5) is 31.0. The van der Waals surface area contributed by atoms with Gasteiger partial charge in [-0.1, -0.05) is 67.9 Å². The molecule has 0 N–H and O–H groups in total. The van der Waals surface area contributed by atoms with Crippen molar-refractivity contribution in [3.05, 3.63) is 89.1 Å². The van der Waals surface area contributed by atoms with Crippen LogP contribution >= 0.6 is 0 Å². The molecule has 0 atom stereocenters. The average Bonchev–Trinajstić information content (AvgIpc) is 3.62. The fraction of sp³-hybridized carbons (Fsp3) is 0.294. The molecule has 7 heteroatoms. The van der Waals surface area contributed by atoms with Crippen LogP contribution in [0.3, 0.4) is 0 Å². The van der Waals surface area contributed by atoms with E-state index in [-0.39, 0.29) is 18.0 Å². The Morgan fingerprint density at radius 3 is 2.32 bits per heavy atom. The van der Waals surface area contributed by atoms with Gasteiger partial charge in [-0.15, -0.1) is 0 Å². The maximum Gasteiger partial charge on any atom is 0.213 e. The molecular formula is C34H34N2O5. The highest BCUT2D eigenvalue weighted by Crippen LogP contribution is 2.42. The monoisotopic (exact) mass is 550 g/mol. The van der Waals surface area contributed by atoms with Gasteiger partial charge in [-0.3, -0.25) is 9.59 Å². The summed E-state index contributed by atoms with van der Waals surface area (Å²) in [5.41, 5.74) is 5.58. The average molecular weight is 551 g/mol. The summed E-state index contributed by atoms with van der Waals surface area (Å²) in [6.07, 6.45) is 1.83. The summed E-state index contributed by atoms with van der Waals surface area (Å²) in [6, 6.07) is 17.6. The van der Waals surface area contributed by atoms with E-state index in [2.05, 4.69) is 10.1 Å². The Kier molecular flexibility index (Phi) is 7.63. The van der Waals surface area contributed by atoms with Crippen LogP contribution in [-0.4, -0.2) is 28.3 Å². The second-order valence-electron chi connectivity index (χ2n) is 11.0. The van der Waals surface area contributed by atoms with Crippen molar-refractivity contribution in [3.63, 3.8) is 0 Å². The zero-order valence-electron chi connectivity index (χ0n) is 24.3. The molecule has 0 aliphatic heterocycles. The SMILES string of the molecule is CCOc1cc2oc(-c3ccc(C)cc3)c(C(=O)CC)c2cc1-c1ccc(C)c(C(=O)CC(C)(C)c2ncon2)c1. The van der Waals surface area contributed by atoms with E-state index in [0.29, 0.717) is 47.1 Å². The van der Waals surface area contributed by atoms with Crippen LogP contribution in [0.4, 0.5) is 0 Å². The van der Waals surface area contributed by atoms with Crippen molar-refractivity contribution in [3.8, 4) is 28.2 Å². The number of carbonyl (C=O) groups is 2. The van der Waals surface area contributed by atoms with Gasteiger partial charge in [0.15, 0.2) is 17.4 Å². The van der Waals surface area contributed by atoms with Gasteiger partial charge >= 0.3 is 0 Å². The molecule has 0 aliphatic carbocycles. The van der Waals surface area contributed by atoms with Gasteiger partial charge in [-0.25, -0.2) is 0 Å². The molecule has 0 saturated carbocycles. The van der Waals surface area contributed by atoms with Crippen molar-refractivity contribution in [1.82, 2.24) is 10.1 Å². The number of carbonyl (C=O) groups excluding carboxylic acids is 2. The van der Waals surface area contributed by atoms with E-state index >= 15 is 0 Å². The van der Waals surface area contributed by atoms with Crippen LogP contribution in [0.1, 0.15) is 78.2 Å². The number of aryl methyl sites for hydroxylation is 2. The standard InChI is InChI=1S/C34H34N2O5/c1-7-27(37)31-26-16-25(29(39-8-2)17-30(26)41-32(31)22-12-9-20(3)10-13-22)23-14-11-21(4)24(15-23)28(38)18-34(5,6)33-35-19-40-36-33/h9-17,19H,7-8,18H2,1-6H3. The molecule has 5 rings (SSSR count). The highest BCUT2D eigenvalue weighted by atomic mass is 16.5. The molecular weight excluding hydrogens is 516 g/mol. The van der Waals surface area contributed by atoms with Gasteiger partial charge in [0.1, 0.15) is 17.1 Å². The fourth-order valence-electron chi connectivity index (χ4n) is 5.12. The molecule has 3 aromatic carbocycles. The molecule has 41 heavy (non-hydrogen) atoms. The van der Waals surface area contributed by atoms with E-state index in [0.717, 1.165) is 33.2 Å². The summed E-state index contributed by atoms with van der Waals surface area (Å²) in [5.74, 6) is 1.63. The molecule has 0 amide bonds. The van der Waals surface area contributed by atoms with E-state index in [1.165, 1.54) is 6.39 Å². The largest absolute Gasteiger partial charge is 0.493 e. The normalized spacial score (nSPS) is 11.7. The second-order valence-corrected chi connectivity index (χ2v) is 11.0. The minimum absolute atomic E-state index is 0.00194. The quantitative estimate of drug-likeness (QED) is 0.161. The number of hydrogen-bond donors (Lipinski definition) is 0. The van der Waals surface area contributed by atoms with Crippen LogP contribution in [-0.2, 0) is 5.41 Å². The van der Waals surface area contributed by atoms with Crippen LogP contribution in [0.25, 0.3) is 33.4 Å². The molecule has 2 aromatic heterocycles. The molecule has 0 radical (unpaired) electrons. The van der Waals surface area contributed by atoms with E-state index < -0.39 is 5.41 Å². The van der Waals surface area contributed by atoms with Crippen molar-refractivity contribution in [1.29, 1.82) is 0 Å². The lowest BCUT2D eigenvalue weighted by Crippen LogP contribution is -2.24. The third-order valence-corrected chi connectivity index (χ3v) is 7.42. The first-order chi connectivity index (χ1) is 19.6. The second kappa shape index (κ2) is 11.2. The topological polar surface area (TPSA) is 95.4 Å². The molecule has 0 saturated heterocycles. The number of furan rings is 1. The molecule has 5 aromatic rings. The number of ketones is 2. The van der Waals surface area contributed by atoms with Gasteiger partial charge in [0.05, 0.1) is 12.2 Å². The highest BCUT2D eigenvalue weighted by Gasteiger charge is 2.30. The Morgan fingerprint density at radius 2 is 1.66 bits per heavy atom. The number of Topliss-reactive ketones (excluding diaryl/α,β-unsaturated/α-hetero) is 2. The maximum absolute atomic E-state index is 13.6. The number of ether oxygens (including phenoxy) is 1. The summed E-state index contributed by atoms with van der Waals surface area (Å²) in [6.45, 7) is 12.0. The van der Waals surface area contributed by atoms with Gasteiger partial charge in [-0.05, 0) is 44.0 Å². The van der Waals surface area contributed by atoms with Crippen molar-refractivity contribution in [2.75, 3.05) is 6.61 Å². The van der Waals surface area contributed by atoms with Crippen LogP contribution in [0.15, 0.2) is 69.9 Å². The number of benzene rings is 3. The summed E-state index contributed by atoms with van der Waals surface area (Å²) in [5, 5.41) is 4.67. The van der Waals surface area contributed by atoms with Crippen LogP contribution in [0, 0.1) is 13.8 Å². The minimum atomic E-state index is -0.597. The number of nitrogens with zero attached hydrogens (tertiary/aromatic N) is 2. The zero-order chi connectivity index (χ0) is 29.3. The first kappa shape index (κ1) is 28.0. The Labute approximate surface area is 239 Å².